The SMILES string of the molecule is c1ccc(-c2ccc(-c3cc(-c4ccc(-c5ccccc5)cc4)nc(-c4ccc(-n5c6ccccc6c6cc(-c7ccc8c9ccccc9n(-c9ccccc9)c8c7)ccc65)cc4)n3)cc2)cc1. The van der Waals surface area contributed by atoms with Crippen molar-refractivity contribution in [1.82, 2.24) is 19.1 Å². The number of benzene rings is 10. The molecule has 0 atom stereocenters. The molecule has 13 aromatic rings. The maximum Gasteiger partial charge on any atom is 0.160 e. The van der Waals surface area contributed by atoms with Crippen molar-refractivity contribution in [3.63, 3.8) is 0 Å². The van der Waals surface area contributed by atoms with E-state index in [9.17, 15) is 0 Å². The lowest BCUT2D eigenvalue weighted by atomic mass is 10.0. The molecule has 0 bridgehead atoms. The van der Waals surface area contributed by atoms with Gasteiger partial charge in [-0.1, -0.05) is 182 Å². The first-order valence-electron chi connectivity index (χ1n) is 23.1. The quantitative estimate of drug-likeness (QED) is 0.153. The van der Waals surface area contributed by atoms with Gasteiger partial charge in [-0.05, 0) is 106 Å². The molecule has 3 heterocycles. The van der Waals surface area contributed by atoms with Crippen molar-refractivity contribution in [1.29, 1.82) is 0 Å². The number of para-hydroxylation sites is 3. The van der Waals surface area contributed by atoms with Crippen LogP contribution in [0.25, 0.3) is 122 Å². The normalized spacial score (nSPS) is 11.5. The van der Waals surface area contributed by atoms with Gasteiger partial charge in [-0.2, -0.15) is 0 Å². The average Bonchev–Trinajstić information content (AvgIpc) is 3.94. The van der Waals surface area contributed by atoms with Gasteiger partial charge in [0, 0.05) is 49.6 Å². The zero-order chi connectivity index (χ0) is 45.0. The summed E-state index contributed by atoms with van der Waals surface area (Å²) in [5.74, 6) is 0.679. The van der Waals surface area contributed by atoms with E-state index in [1.165, 1.54) is 66.0 Å². The number of nitrogens with zero attached hydrogens (tertiary/aromatic N) is 4. The standard InChI is InChI=1S/C64H42N4/c1-4-14-43(15-5-1)45-24-28-47(29-25-45)58-42-59(48-30-26-46(27-31-48)44-16-6-2-7-17-44)66-64(65-58)49-32-36-53(37-33-49)67-61-23-13-11-21-55(61)57-40-50(35-39-62(57)67)51-34-38-56-54-20-10-12-22-60(54)68(63(56)41-51)52-18-8-3-9-19-52/h1-42H. The van der Waals surface area contributed by atoms with Gasteiger partial charge in [-0.25, -0.2) is 9.97 Å². The van der Waals surface area contributed by atoms with E-state index >= 15 is 0 Å². The molecule has 0 aliphatic heterocycles. The molecule has 3 aromatic heterocycles. The maximum absolute atomic E-state index is 5.23. The Morgan fingerprint density at radius 1 is 0.221 bits per heavy atom. The lowest BCUT2D eigenvalue weighted by Gasteiger charge is -2.12. The molecule has 0 fully saturated rings. The molecule has 0 aliphatic rings. The predicted molar refractivity (Wildman–Crippen MR) is 283 cm³/mol. The molecule has 0 radical (unpaired) electrons. The molecule has 4 heteroatoms. The van der Waals surface area contributed by atoms with Gasteiger partial charge >= 0.3 is 0 Å². The van der Waals surface area contributed by atoms with Gasteiger partial charge in [0.2, 0.25) is 0 Å². The second kappa shape index (κ2) is 16.4. The number of fused-ring (bicyclic) bond motifs is 6. The molecule has 10 aromatic carbocycles. The molecule has 68 heavy (non-hydrogen) atoms. The van der Waals surface area contributed by atoms with E-state index in [2.05, 4.69) is 252 Å². The molecule has 0 aliphatic carbocycles. The van der Waals surface area contributed by atoms with Gasteiger partial charge in [-0.3, -0.25) is 0 Å². The Labute approximate surface area is 394 Å². The van der Waals surface area contributed by atoms with Crippen LogP contribution < -0.4 is 0 Å². The molecule has 4 nitrogen and oxygen atoms in total. The first-order valence-corrected chi connectivity index (χ1v) is 23.1. The van der Waals surface area contributed by atoms with Crippen LogP contribution in [0, 0.1) is 0 Å². The van der Waals surface area contributed by atoms with Crippen LogP contribution in [0.3, 0.4) is 0 Å². The maximum atomic E-state index is 5.23. The highest BCUT2D eigenvalue weighted by Crippen LogP contribution is 2.39. The van der Waals surface area contributed by atoms with Crippen LogP contribution in [0.2, 0.25) is 0 Å². The Kier molecular flexibility index (Phi) is 9.47. The summed E-state index contributed by atoms with van der Waals surface area (Å²) in [6.07, 6.45) is 0. The number of hydrogen-bond donors (Lipinski definition) is 0. The van der Waals surface area contributed by atoms with Crippen molar-refractivity contribution in [2.24, 2.45) is 0 Å². The van der Waals surface area contributed by atoms with Gasteiger partial charge in [-0.15, -0.1) is 0 Å². The summed E-state index contributed by atoms with van der Waals surface area (Å²) in [5.41, 5.74) is 18.8. The van der Waals surface area contributed by atoms with Crippen LogP contribution in [-0.4, -0.2) is 19.1 Å². The van der Waals surface area contributed by atoms with E-state index in [1.807, 2.05) is 12.1 Å². The smallest absolute Gasteiger partial charge is 0.160 e. The highest BCUT2D eigenvalue weighted by Gasteiger charge is 2.17. The van der Waals surface area contributed by atoms with Crippen LogP contribution in [0.1, 0.15) is 0 Å². The van der Waals surface area contributed by atoms with Crippen LogP contribution in [0.4, 0.5) is 0 Å². The highest BCUT2D eigenvalue weighted by atomic mass is 15.0. The molecular weight excluding hydrogens is 825 g/mol. The Bertz CT molecular complexity index is 3860. The van der Waals surface area contributed by atoms with E-state index in [0.717, 1.165) is 50.5 Å². The Morgan fingerprint density at radius 3 is 1.19 bits per heavy atom. The summed E-state index contributed by atoms with van der Waals surface area (Å²) in [7, 11) is 0. The third-order valence-corrected chi connectivity index (χ3v) is 13.4. The van der Waals surface area contributed by atoms with Crippen molar-refractivity contribution in [2.45, 2.75) is 0 Å². The second-order valence-electron chi connectivity index (χ2n) is 17.4. The summed E-state index contributed by atoms with van der Waals surface area (Å²) in [6.45, 7) is 0. The van der Waals surface area contributed by atoms with E-state index in [0.29, 0.717) is 5.82 Å². The lowest BCUT2D eigenvalue weighted by molar-refractivity contribution is 1.16. The van der Waals surface area contributed by atoms with Crippen LogP contribution in [-0.2, 0) is 0 Å². The number of hydrogen-bond acceptors (Lipinski definition) is 2. The monoisotopic (exact) mass is 866 g/mol. The van der Waals surface area contributed by atoms with Crippen LogP contribution in [0.5, 0.6) is 0 Å². The molecule has 0 saturated carbocycles. The van der Waals surface area contributed by atoms with E-state index < -0.39 is 0 Å². The minimum atomic E-state index is 0.679. The Hall–Kier alpha value is -9.12. The van der Waals surface area contributed by atoms with E-state index in [4.69, 9.17) is 9.97 Å². The molecule has 0 saturated heterocycles. The highest BCUT2D eigenvalue weighted by molar-refractivity contribution is 6.12. The van der Waals surface area contributed by atoms with Gasteiger partial charge in [0.15, 0.2) is 5.82 Å². The number of rotatable bonds is 8. The van der Waals surface area contributed by atoms with Gasteiger partial charge < -0.3 is 9.13 Å². The first kappa shape index (κ1) is 39.3. The Balaban J connectivity index is 0.887. The molecule has 13 rings (SSSR count). The van der Waals surface area contributed by atoms with E-state index in [1.54, 1.807) is 0 Å². The average molecular weight is 867 g/mol. The summed E-state index contributed by atoms with van der Waals surface area (Å²) in [5, 5.41) is 4.93. The summed E-state index contributed by atoms with van der Waals surface area (Å²) in [4.78, 5) is 10.5. The topological polar surface area (TPSA) is 35.6 Å². The summed E-state index contributed by atoms with van der Waals surface area (Å²) < 4.78 is 4.76. The molecule has 0 N–H and O–H groups in total. The zero-order valence-electron chi connectivity index (χ0n) is 37.0. The third kappa shape index (κ3) is 6.86. The minimum absolute atomic E-state index is 0.679. The minimum Gasteiger partial charge on any atom is -0.309 e. The van der Waals surface area contributed by atoms with Crippen molar-refractivity contribution in [2.75, 3.05) is 0 Å². The fraction of sp³-hybridized carbons (Fsp3) is 0. The summed E-state index contributed by atoms with van der Waals surface area (Å²) in [6, 6.07) is 91.0. The van der Waals surface area contributed by atoms with Gasteiger partial charge in [0.25, 0.3) is 0 Å². The zero-order valence-corrected chi connectivity index (χ0v) is 37.0. The first-order chi connectivity index (χ1) is 33.7. The molecule has 0 amide bonds. The fourth-order valence-electron chi connectivity index (χ4n) is 10.00. The van der Waals surface area contributed by atoms with E-state index in [-0.39, 0.29) is 0 Å². The Morgan fingerprint density at radius 2 is 0.603 bits per heavy atom. The summed E-state index contributed by atoms with van der Waals surface area (Å²) >= 11 is 0. The third-order valence-electron chi connectivity index (χ3n) is 13.4. The van der Waals surface area contributed by atoms with Crippen LogP contribution in [0.15, 0.2) is 255 Å². The second-order valence-corrected chi connectivity index (χ2v) is 17.4. The molecular formula is C64H42N4. The van der Waals surface area contributed by atoms with Crippen molar-refractivity contribution in [3.8, 4) is 78.7 Å². The lowest BCUT2D eigenvalue weighted by Crippen LogP contribution is -1.97. The van der Waals surface area contributed by atoms with Gasteiger partial charge in [0.05, 0.1) is 33.5 Å². The van der Waals surface area contributed by atoms with Gasteiger partial charge in [0.1, 0.15) is 0 Å². The van der Waals surface area contributed by atoms with Crippen molar-refractivity contribution in [3.05, 3.63) is 255 Å². The van der Waals surface area contributed by atoms with Crippen LogP contribution >= 0.6 is 0 Å². The molecule has 318 valence electrons. The van der Waals surface area contributed by atoms with Crippen molar-refractivity contribution < 1.29 is 0 Å². The largest absolute Gasteiger partial charge is 0.309 e. The van der Waals surface area contributed by atoms with Crippen molar-refractivity contribution >= 4 is 43.6 Å². The number of aromatic nitrogens is 4. The predicted octanol–water partition coefficient (Wildman–Crippen LogP) is 16.7. The molecule has 0 spiro atoms. The fourth-order valence-corrected chi connectivity index (χ4v) is 10.00. The molecule has 0 unspecified atom stereocenters.